The van der Waals surface area contributed by atoms with Gasteiger partial charge in [0.1, 0.15) is 0 Å². The first-order valence-electron chi connectivity index (χ1n) is 8.51. The van der Waals surface area contributed by atoms with E-state index >= 15 is 0 Å². The van der Waals surface area contributed by atoms with Gasteiger partial charge in [-0.05, 0) is 44.2 Å². The van der Waals surface area contributed by atoms with Gasteiger partial charge in [-0.3, -0.25) is 4.90 Å². The lowest BCUT2D eigenvalue weighted by Gasteiger charge is -2.39. The zero-order valence-corrected chi connectivity index (χ0v) is 15.4. The fraction of sp³-hybridized carbons (Fsp3) is 0.667. The number of halogens is 2. The molecule has 1 heterocycles. The minimum atomic E-state index is -0.0744. The molecule has 2 atom stereocenters. The van der Waals surface area contributed by atoms with Crippen molar-refractivity contribution in [2.45, 2.75) is 44.2 Å². The third-order valence-electron chi connectivity index (χ3n) is 5.10. The van der Waals surface area contributed by atoms with Gasteiger partial charge in [0.2, 0.25) is 0 Å². The molecule has 1 N–H and O–H groups in total. The molecular formula is C18H30Cl2N2O. The van der Waals surface area contributed by atoms with Gasteiger partial charge in [-0.15, -0.1) is 24.8 Å². The molecule has 1 aromatic carbocycles. The zero-order valence-electron chi connectivity index (χ0n) is 13.8. The maximum atomic E-state index is 10.0. The molecule has 1 aliphatic heterocycles. The Morgan fingerprint density at radius 3 is 2.26 bits per heavy atom. The molecule has 23 heavy (non-hydrogen) atoms. The highest BCUT2D eigenvalue weighted by Gasteiger charge is 2.32. The molecule has 1 aromatic rings. The van der Waals surface area contributed by atoms with Crippen molar-refractivity contribution < 1.29 is 5.11 Å². The van der Waals surface area contributed by atoms with Crippen LogP contribution in [0.25, 0.3) is 0 Å². The number of hydrogen-bond donors (Lipinski definition) is 1. The first-order valence-corrected chi connectivity index (χ1v) is 8.51. The summed E-state index contributed by atoms with van der Waals surface area (Å²) in [4.78, 5) is 5.10. The Hall–Kier alpha value is -0.320. The highest BCUT2D eigenvalue weighted by atomic mass is 35.5. The van der Waals surface area contributed by atoms with E-state index in [1.807, 2.05) is 0 Å². The normalized spacial score (nSPS) is 25.6. The van der Waals surface area contributed by atoms with E-state index in [4.69, 9.17) is 0 Å². The monoisotopic (exact) mass is 360 g/mol. The number of hydrogen-bond acceptors (Lipinski definition) is 3. The maximum absolute atomic E-state index is 10.0. The molecule has 0 aromatic heterocycles. The third kappa shape index (κ3) is 5.91. The van der Waals surface area contributed by atoms with E-state index in [-0.39, 0.29) is 30.9 Å². The van der Waals surface area contributed by atoms with Crippen molar-refractivity contribution in [3.05, 3.63) is 35.9 Å². The van der Waals surface area contributed by atoms with Crippen LogP contribution in [0.3, 0.4) is 0 Å². The number of benzene rings is 1. The fourth-order valence-electron chi connectivity index (χ4n) is 3.82. The number of nitrogens with zero attached hydrogens (tertiary/aromatic N) is 2. The van der Waals surface area contributed by atoms with Crippen LogP contribution in [-0.4, -0.2) is 59.8 Å². The number of rotatable bonds is 5. The van der Waals surface area contributed by atoms with E-state index in [2.05, 4.69) is 40.1 Å². The van der Waals surface area contributed by atoms with Crippen molar-refractivity contribution in [2.24, 2.45) is 0 Å². The molecule has 1 saturated heterocycles. The van der Waals surface area contributed by atoms with E-state index < -0.39 is 0 Å². The molecule has 1 aliphatic carbocycles. The number of aliphatic hydroxyl groups excluding tert-OH is 1. The van der Waals surface area contributed by atoms with Crippen molar-refractivity contribution >= 4 is 24.8 Å². The molecule has 2 unspecified atom stereocenters. The van der Waals surface area contributed by atoms with Gasteiger partial charge >= 0.3 is 0 Å². The number of aliphatic hydroxyl groups is 1. The molecule has 0 bridgehead atoms. The Bertz CT molecular complexity index is 424. The molecule has 1 saturated carbocycles. The van der Waals surface area contributed by atoms with Gasteiger partial charge in [-0.25, -0.2) is 0 Å². The van der Waals surface area contributed by atoms with Gasteiger partial charge in [-0.1, -0.05) is 30.3 Å². The Labute approximate surface area is 152 Å². The molecular weight excluding hydrogens is 331 g/mol. The predicted octanol–water partition coefficient (Wildman–Crippen LogP) is 2.99. The predicted molar refractivity (Wildman–Crippen MR) is 101 cm³/mol. The van der Waals surface area contributed by atoms with E-state index in [9.17, 15) is 5.11 Å². The van der Waals surface area contributed by atoms with E-state index in [1.54, 1.807) is 0 Å². The summed E-state index contributed by atoms with van der Waals surface area (Å²) in [5, 5.41) is 10.0. The summed E-state index contributed by atoms with van der Waals surface area (Å²) >= 11 is 0. The second-order valence-electron chi connectivity index (χ2n) is 6.53. The smallest absolute Gasteiger partial charge is 0.0695 e. The molecule has 0 amide bonds. The van der Waals surface area contributed by atoms with E-state index in [1.165, 1.54) is 37.8 Å². The van der Waals surface area contributed by atoms with Gasteiger partial charge in [0.05, 0.1) is 6.10 Å². The van der Waals surface area contributed by atoms with Gasteiger partial charge in [0, 0.05) is 32.2 Å². The van der Waals surface area contributed by atoms with E-state index in [0.717, 1.165) is 32.6 Å². The highest BCUT2D eigenvalue weighted by molar-refractivity contribution is 5.85. The van der Waals surface area contributed by atoms with Crippen LogP contribution in [0.15, 0.2) is 30.3 Å². The van der Waals surface area contributed by atoms with Crippen LogP contribution in [0, 0.1) is 0 Å². The molecule has 0 spiro atoms. The minimum absolute atomic E-state index is 0. The minimum Gasteiger partial charge on any atom is -0.391 e. The lowest BCUT2D eigenvalue weighted by molar-refractivity contribution is 0.0353. The van der Waals surface area contributed by atoms with Gasteiger partial charge in [-0.2, -0.15) is 0 Å². The average molecular weight is 361 g/mol. The molecule has 132 valence electrons. The Morgan fingerprint density at radius 2 is 1.65 bits per heavy atom. The summed E-state index contributed by atoms with van der Waals surface area (Å²) in [6, 6.07) is 11.2. The van der Waals surface area contributed by atoms with Crippen LogP contribution in [0.5, 0.6) is 0 Å². The standard InChI is InChI=1S/C18H28N2O.2ClH/c21-18-10-4-9-17(18)20-14-12-19(13-15-20)11-5-8-16-6-2-1-3-7-16;;/h1-3,6-7,17-18,21H,4-5,8-15H2;2*1H. The van der Waals surface area contributed by atoms with E-state index in [0.29, 0.717) is 6.04 Å². The molecule has 3 rings (SSSR count). The zero-order chi connectivity index (χ0) is 14.5. The lowest BCUT2D eigenvalue weighted by atomic mass is 10.1. The molecule has 2 aliphatic rings. The van der Waals surface area contributed by atoms with Crippen molar-refractivity contribution in [1.82, 2.24) is 9.80 Å². The SMILES string of the molecule is Cl.Cl.OC1CCCC1N1CCN(CCCc2ccccc2)CC1. The third-order valence-corrected chi connectivity index (χ3v) is 5.10. The maximum Gasteiger partial charge on any atom is 0.0695 e. The van der Waals surface area contributed by atoms with Crippen molar-refractivity contribution in [1.29, 1.82) is 0 Å². The quantitative estimate of drug-likeness (QED) is 0.874. The lowest BCUT2D eigenvalue weighted by Crippen LogP contribution is -2.52. The second kappa shape index (κ2) is 10.5. The number of piperazine rings is 1. The first kappa shape index (κ1) is 20.7. The molecule has 5 heteroatoms. The van der Waals surface area contributed by atoms with Crippen LogP contribution >= 0.6 is 24.8 Å². The Morgan fingerprint density at radius 1 is 0.957 bits per heavy atom. The van der Waals surface area contributed by atoms with Gasteiger partial charge < -0.3 is 10.0 Å². The van der Waals surface area contributed by atoms with Crippen molar-refractivity contribution in [3.8, 4) is 0 Å². The molecule has 2 fully saturated rings. The highest BCUT2D eigenvalue weighted by Crippen LogP contribution is 2.25. The Balaban J connectivity index is 0.00000132. The van der Waals surface area contributed by atoms with Crippen molar-refractivity contribution in [2.75, 3.05) is 32.7 Å². The molecule has 0 radical (unpaired) electrons. The topological polar surface area (TPSA) is 26.7 Å². The second-order valence-corrected chi connectivity index (χ2v) is 6.53. The largest absolute Gasteiger partial charge is 0.391 e. The summed E-state index contributed by atoms with van der Waals surface area (Å²) in [6.45, 7) is 5.80. The van der Waals surface area contributed by atoms with Gasteiger partial charge in [0.15, 0.2) is 0 Å². The molecule has 3 nitrogen and oxygen atoms in total. The van der Waals surface area contributed by atoms with Gasteiger partial charge in [0.25, 0.3) is 0 Å². The Kier molecular flexibility index (Phi) is 9.48. The van der Waals surface area contributed by atoms with Crippen LogP contribution in [0.1, 0.15) is 31.2 Å². The summed E-state index contributed by atoms with van der Waals surface area (Å²) in [5.74, 6) is 0. The summed E-state index contributed by atoms with van der Waals surface area (Å²) in [5.41, 5.74) is 1.45. The summed E-state index contributed by atoms with van der Waals surface area (Å²) in [6.07, 6.45) is 5.74. The average Bonchev–Trinajstić information content (AvgIpc) is 2.95. The van der Waals surface area contributed by atoms with Crippen LogP contribution in [-0.2, 0) is 6.42 Å². The van der Waals surface area contributed by atoms with Crippen molar-refractivity contribution in [3.63, 3.8) is 0 Å². The number of aryl methyl sites for hydroxylation is 1. The first-order chi connectivity index (χ1) is 10.3. The fourth-order valence-corrected chi connectivity index (χ4v) is 3.82. The summed E-state index contributed by atoms with van der Waals surface area (Å²) < 4.78 is 0. The summed E-state index contributed by atoms with van der Waals surface area (Å²) in [7, 11) is 0. The van der Waals surface area contributed by atoms with Crippen LogP contribution in [0.2, 0.25) is 0 Å². The van der Waals surface area contributed by atoms with Crippen LogP contribution < -0.4 is 0 Å². The van der Waals surface area contributed by atoms with Crippen LogP contribution in [0.4, 0.5) is 0 Å².